The van der Waals surface area contributed by atoms with Crippen LogP contribution in [0.3, 0.4) is 0 Å². The van der Waals surface area contributed by atoms with Gasteiger partial charge in [-0.2, -0.15) is 0 Å². The molecule has 2 aromatic rings. The van der Waals surface area contributed by atoms with Crippen LogP contribution in [0.2, 0.25) is 0 Å². The number of alkyl carbamates (subject to hydrolysis) is 1. The third-order valence-electron chi connectivity index (χ3n) is 2.83. The Morgan fingerprint density at radius 1 is 1.29 bits per heavy atom. The van der Waals surface area contributed by atoms with Crippen LogP contribution in [0.15, 0.2) is 41.8 Å². The lowest BCUT2D eigenvalue weighted by atomic mass is 10.2. The van der Waals surface area contributed by atoms with E-state index in [1.807, 2.05) is 31.2 Å². The molecule has 0 bridgehead atoms. The topological polar surface area (TPSA) is 75.6 Å². The van der Waals surface area contributed by atoms with E-state index in [4.69, 9.17) is 9.84 Å². The van der Waals surface area contributed by atoms with Crippen LogP contribution >= 0.6 is 11.3 Å². The Morgan fingerprint density at radius 2 is 2.00 bits per heavy atom. The van der Waals surface area contributed by atoms with Crippen LogP contribution in [0.5, 0.6) is 0 Å². The first-order chi connectivity index (χ1) is 10.1. The fourth-order valence-corrected chi connectivity index (χ4v) is 2.47. The molecule has 110 valence electrons. The van der Waals surface area contributed by atoms with Crippen LogP contribution in [-0.4, -0.2) is 17.2 Å². The molecule has 0 aliphatic carbocycles. The molecule has 5 nitrogen and oxygen atoms in total. The second kappa shape index (κ2) is 6.90. The quantitative estimate of drug-likeness (QED) is 0.890. The zero-order valence-electron chi connectivity index (χ0n) is 11.4. The van der Waals surface area contributed by atoms with Crippen molar-refractivity contribution in [3.8, 4) is 0 Å². The highest BCUT2D eigenvalue weighted by Gasteiger charge is 2.23. The predicted molar refractivity (Wildman–Crippen MR) is 79.2 cm³/mol. The van der Waals surface area contributed by atoms with Crippen LogP contribution in [-0.2, 0) is 16.1 Å². The van der Waals surface area contributed by atoms with Crippen molar-refractivity contribution in [1.29, 1.82) is 0 Å². The lowest BCUT2D eigenvalue weighted by Crippen LogP contribution is -2.33. The molecule has 1 unspecified atom stereocenters. The fourth-order valence-electron chi connectivity index (χ4n) is 1.70. The van der Waals surface area contributed by atoms with Gasteiger partial charge in [-0.1, -0.05) is 35.9 Å². The Morgan fingerprint density at radius 3 is 2.57 bits per heavy atom. The number of carboxylic acid groups (broad SMARTS) is 1. The predicted octanol–water partition coefficient (Wildman–Crippen LogP) is 3.11. The molecule has 2 rings (SSSR count). The van der Waals surface area contributed by atoms with E-state index < -0.39 is 18.1 Å². The number of carbonyl (C=O) groups excluding carboxylic acids is 1. The Labute approximate surface area is 126 Å². The summed E-state index contributed by atoms with van der Waals surface area (Å²) in [6.07, 6.45) is -0.753. The first kappa shape index (κ1) is 15.1. The zero-order chi connectivity index (χ0) is 15.2. The minimum atomic E-state index is -1.12. The molecule has 1 aromatic heterocycles. The van der Waals surface area contributed by atoms with Gasteiger partial charge < -0.3 is 15.2 Å². The van der Waals surface area contributed by atoms with Gasteiger partial charge in [-0.25, -0.2) is 9.59 Å². The SMILES string of the molecule is Cc1ccc(COC(=O)NC(C(=O)O)c2cccs2)cc1. The second-order valence-corrected chi connectivity index (χ2v) is 5.47. The summed E-state index contributed by atoms with van der Waals surface area (Å²) < 4.78 is 5.04. The van der Waals surface area contributed by atoms with Gasteiger partial charge in [-0.15, -0.1) is 11.3 Å². The minimum absolute atomic E-state index is 0.100. The molecule has 0 spiro atoms. The monoisotopic (exact) mass is 305 g/mol. The van der Waals surface area contributed by atoms with Crippen molar-refractivity contribution >= 4 is 23.4 Å². The highest BCUT2D eigenvalue weighted by atomic mass is 32.1. The normalized spacial score (nSPS) is 11.7. The number of hydrogen-bond donors (Lipinski definition) is 2. The summed E-state index contributed by atoms with van der Waals surface area (Å²) in [5.74, 6) is -1.12. The summed E-state index contributed by atoms with van der Waals surface area (Å²) in [6.45, 7) is 2.07. The summed E-state index contributed by atoms with van der Waals surface area (Å²) in [5.41, 5.74) is 1.96. The number of rotatable bonds is 5. The molecule has 0 fully saturated rings. The first-order valence-electron chi connectivity index (χ1n) is 6.31. The molecule has 1 amide bonds. The third-order valence-corrected chi connectivity index (χ3v) is 3.76. The van der Waals surface area contributed by atoms with Crippen molar-refractivity contribution < 1.29 is 19.4 Å². The number of carboxylic acids is 1. The number of nitrogens with one attached hydrogen (secondary N) is 1. The minimum Gasteiger partial charge on any atom is -0.479 e. The maximum Gasteiger partial charge on any atom is 0.408 e. The van der Waals surface area contributed by atoms with E-state index in [2.05, 4.69) is 5.32 Å². The highest BCUT2D eigenvalue weighted by Crippen LogP contribution is 2.19. The summed E-state index contributed by atoms with van der Waals surface area (Å²) in [7, 11) is 0. The number of thiophene rings is 1. The molecule has 1 heterocycles. The maximum absolute atomic E-state index is 11.7. The van der Waals surface area contributed by atoms with Gasteiger partial charge in [-0.05, 0) is 23.9 Å². The number of aliphatic carboxylic acids is 1. The number of amides is 1. The Kier molecular flexibility index (Phi) is 4.94. The van der Waals surface area contributed by atoms with E-state index in [9.17, 15) is 9.59 Å². The van der Waals surface area contributed by atoms with E-state index in [-0.39, 0.29) is 6.61 Å². The van der Waals surface area contributed by atoms with E-state index in [1.165, 1.54) is 11.3 Å². The molecule has 0 aliphatic heterocycles. The number of aryl methyl sites for hydroxylation is 1. The van der Waals surface area contributed by atoms with Gasteiger partial charge in [0.2, 0.25) is 0 Å². The average Bonchev–Trinajstić information content (AvgIpc) is 2.97. The fraction of sp³-hybridized carbons (Fsp3) is 0.200. The maximum atomic E-state index is 11.7. The molecule has 0 radical (unpaired) electrons. The molecule has 2 N–H and O–H groups in total. The molecular weight excluding hydrogens is 290 g/mol. The van der Waals surface area contributed by atoms with Crippen molar-refractivity contribution in [2.75, 3.05) is 0 Å². The van der Waals surface area contributed by atoms with Crippen molar-refractivity contribution in [1.82, 2.24) is 5.32 Å². The Bertz CT molecular complexity index is 607. The summed E-state index contributed by atoms with van der Waals surface area (Å²) in [6, 6.07) is 9.85. The lowest BCUT2D eigenvalue weighted by molar-refractivity contribution is -0.139. The van der Waals surface area contributed by atoms with Gasteiger partial charge in [0.05, 0.1) is 0 Å². The summed E-state index contributed by atoms with van der Waals surface area (Å²) >= 11 is 1.27. The van der Waals surface area contributed by atoms with Crippen LogP contribution in [0, 0.1) is 6.92 Å². The third kappa shape index (κ3) is 4.32. The molecule has 0 aliphatic rings. The summed E-state index contributed by atoms with van der Waals surface area (Å²) in [5, 5.41) is 13.3. The van der Waals surface area contributed by atoms with Gasteiger partial charge in [0.25, 0.3) is 0 Å². The van der Waals surface area contributed by atoms with E-state index in [0.29, 0.717) is 4.88 Å². The molecule has 0 saturated carbocycles. The smallest absolute Gasteiger partial charge is 0.408 e. The van der Waals surface area contributed by atoms with Crippen molar-refractivity contribution in [3.63, 3.8) is 0 Å². The zero-order valence-corrected chi connectivity index (χ0v) is 12.2. The van der Waals surface area contributed by atoms with Crippen LogP contribution in [0.25, 0.3) is 0 Å². The van der Waals surface area contributed by atoms with Crippen LogP contribution in [0.1, 0.15) is 22.0 Å². The Hall–Kier alpha value is -2.34. The van der Waals surface area contributed by atoms with Gasteiger partial charge >= 0.3 is 12.1 Å². The van der Waals surface area contributed by atoms with Crippen molar-refractivity contribution in [2.24, 2.45) is 0 Å². The number of benzene rings is 1. The lowest BCUT2D eigenvalue weighted by Gasteiger charge is -2.13. The molecule has 0 saturated heterocycles. The largest absolute Gasteiger partial charge is 0.479 e. The number of carbonyl (C=O) groups is 2. The van der Waals surface area contributed by atoms with E-state index >= 15 is 0 Å². The van der Waals surface area contributed by atoms with Gasteiger partial charge in [0.1, 0.15) is 6.61 Å². The molecule has 1 aromatic carbocycles. The molecular formula is C15H15NO4S. The number of ether oxygens (including phenoxy) is 1. The average molecular weight is 305 g/mol. The molecule has 6 heteroatoms. The molecule has 21 heavy (non-hydrogen) atoms. The van der Waals surface area contributed by atoms with Gasteiger partial charge in [0.15, 0.2) is 6.04 Å². The summed E-state index contributed by atoms with van der Waals surface area (Å²) in [4.78, 5) is 23.4. The van der Waals surface area contributed by atoms with E-state index in [1.54, 1.807) is 17.5 Å². The van der Waals surface area contributed by atoms with Crippen molar-refractivity contribution in [3.05, 3.63) is 57.8 Å². The van der Waals surface area contributed by atoms with Crippen molar-refractivity contribution in [2.45, 2.75) is 19.6 Å². The van der Waals surface area contributed by atoms with Crippen LogP contribution < -0.4 is 5.32 Å². The van der Waals surface area contributed by atoms with Crippen LogP contribution in [0.4, 0.5) is 4.79 Å². The van der Waals surface area contributed by atoms with Gasteiger partial charge in [0, 0.05) is 4.88 Å². The number of hydrogen-bond acceptors (Lipinski definition) is 4. The standard InChI is InChI=1S/C15H15NO4S/c1-10-4-6-11(7-5-10)9-20-15(19)16-13(14(17)18)12-3-2-8-21-12/h2-8,13H,9H2,1H3,(H,16,19)(H,17,18). The van der Waals surface area contributed by atoms with E-state index in [0.717, 1.165) is 11.1 Å². The molecule has 1 atom stereocenters. The Balaban J connectivity index is 1.91. The second-order valence-electron chi connectivity index (χ2n) is 4.49. The highest BCUT2D eigenvalue weighted by molar-refractivity contribution is 7.10. The first-order valence-corrected chi connectivity index (χ1v) is 7.19. The van der Waals surface area contributed by atoms with Gasteiger partial charge in [-0.3, -0.25) is 0 Å².